The van der Waals surface area contributed by atoms with Gasteiger partial charge in [-0.3, -0.25) is 24.0 Å². The van der Waals surface area contributed by atoms with E-state index in [0.717, 1.165) is 11.2 Å². The lowest BCUT2D eigenvalue weighted by Crippen LogP contribution is -2.45. The van der Waals surface area contributed by atoms with Crippen LogP contribution in [0.5, 0.6) is 0 Å². The van der Waals surface area contributed by atoms with Gasteiger partial charge < -0.3 is 14.9 Å². The van der Waals surface area contributed by atoms with E-state index >= 15 is 0 Å². The maximum atomic E-state index is 13.0. The lowest BCUT2D eigenvalue weighted by atomic mass is 10.0. The molecule has 2 aromatic rings. The number of carboxylic acid groups (broad SMARTS) is 1. The summed E-state index contributed by atoms with van der Waals surface area (Å²) >= 11 is 0. The fraction of sp³-hybridized carbons (Fsp3) is 0.500. The van der Waals surface area contributed by atoms with Crippen LogP contribution in [0.15, 0.2) is 23.0 Å². The molecule has 2 fully saturated rings. The number of hydrogen-bond donors (Lipinski definition) is 2. The van der Waals surface area contributed by atoms with Crippen LogP contribution in [0.1, 0.15) is 31.7 Å². The average molecular weight is 415 g/mol. The van der Waals surface area contributed by atoms with Gasteiger partial charge in [-0.15, -0.1) is 0 Å². The van der Waals surface area contributed by atoms with Crippen LogP contribution in [-0.4, -0.2) is 63.2 Å². The highest BCUT2D eigenvalue weighted by molar-refractivity contribution is 6.00. The second-order valence-electron chi connectivity index (χ2n) is 7.94. The Morgan fingerprint density at radius 1 is 1.17 bits per heavy atom. The molecule has 0 spiro atoms. The molecule has 0 aliphatic carbocycles. The SMILES string of the molecule is CN(C(=O)O)C1CCN(c2cccc3c2n(C)c(=O)n3C2CCC(=O)NC2=O)CC1. The van der Waals surface area contributed by atoms with Gasteiger partial charge in [0.2, 0.25) is 11.8 Å². The summed E-state index contributed by atoms with van der Waals surface area (Å²) < 4.78 is 3.02. The van der Waals surface area contributed by atoms with Crippen molar-refractivity contribution in [1.29, 1.82) is 0 Å². The van der Waals surface area contributed by atoms with Crippen LogP contribution in [0.2, 0.25) is 0 Å². The minimum Gasteiger partial charge on any atom is -0.465 e. The Hall–Kier alpha value is -3.30. The number of imide groups is 1. The second kappa shape index (κ2) is 7.51. The molecule has 1 aromatic heterocycles. The normalized spacial score (nSPS) is 20.5. The summed E-state index contributed by atoms with van der Waals surface area (Å²) in [6, 6.07) is 4.86. The van der Waals surface area contributed by atoms with E-state index in [1.807, 2.05) is 18.2 Å². The third-order valence-electron chi connectivity index (χ3n) is 6.26. The number of benzene rings is 1. The number of amides is 3. The van der Waals surface area contributed by atoms with Crippen LogP contribution in [0.3, 0.4) is 0 Å². The molecule has 0 radical (unpaired) electrons. The average Bonchev–Trinajstić information content (AvgIpc) is 2.98. The first kappa shape index (κ1) is 20.0. The van der Waals surface area contributed by atoms with Crippen molar-refractivity contribution in [3.63, 3.8) is 0 Å². The Bertz CT molecular complexity index is 1080. The summed E-state index contributed by atoms with van der Waals surface area (Å²) in [6.07, 6.45) is 0.950. The van der Waals surface area contributed by atoms with E-state index in [-0.39, 0.29) is 24.1 Å². The third kappa shape index (κ3) is 3.21. The highest BCUT2D eigenvalue weighted by atomic mass is 16.4. The molecule has 10 nitrogen and oxygen atoms in total. The van der Waals surface area contributed by atoms with E-state index in [9.17, 15) is 24.3 Å². The predicted molar refractivity (Wildman–Crippen MR) is 110 cm³/mol. The number of aromatic nitrogens is 2. The van der Waals surface area contributed by atoms with Gasteiger partial charge in [0, 0.05) is 39.6 Å². The van der Waals surface area contributed by atoms with Crippen LogP contribution in [-0.2, 0) is 16.6 Å². The van der Waals surface area contributed by atoms with Crippen LogP contribution in [0.25, 0.3) is 11.0 Å². The van der Waals surface area contributed by atoms with Gasteiger partial charge in [-0.25, -0.2) is 9.59 Å². The van der Waals surface area contributed by atoms with Gasteiger partial charge in [-0.2, -0.15) is 0 Å². The fourth-order valence-electron chi connectivity index (χ4n) is 4.55. The zero-order valence-corrected chi connectivity index (χ0v) is 17.0. The van der Waals surface area contributed by atoms with Crippen molar-refractivity contribution >= 4 is 34.6 Å². The van der Waals surface area contributed by atoms with Crippen LogP contribution >= 0.6 is 0 Å². The Labute approximate surface area is 172 Å². The molecule has 0 bridgehead atoms. The van der Waals surface area contributed by atoms with Crippen LogP contribution in [0, 0.1) is 0 Å². The maximum absolute atomic E-state index is 13.0. The zero-order valence-electron chi connectivity index (χ0n) is 17.0. The number of carbonyl (C=O) groups excluding carboxylic acids is 2. The molecule has 2 aliphatic rings. The lowest BCUT2D eigenvalue weighted by molar-refractivity contribution is -0.135. The number of nitrogens with one attached hydrogen (secondary N) is 1. The molecule has 1 atom stereocenters. The molecular weight excluding hydrogens is 390 g/mol. The van der Waals surface area contributed by atoms with E-state index < -0.39 is 18.0 Å². The number of para-hydroxylation sites is 1. The molecule has 2 saturated heterocycles. The van der Waals surface area contributed by atoms with Gasteiger partial charge in [0.15, 0.2) is 0 Å². The third-order valence-corrected chi connectivity index (χ3v) is 6.26. The molecule has 2 N–H and O–H groups in total. The molecule has 4 rings (SSSR count). The molecule has 10 heteroatoms. The highest BCUT2D eigenvalue weighted by Crippen LogP contribution is 2.31. The largest absolute Gasteiger partial charge is 0.465 e. The zero-order chi connectivity index (χ0) is 21.6. The van der Waals surface area contributed by atoms with E-state index in [1.54, 1.807) is 18.7 Å². The minimum absolute atomic E-state index is 0.0326. The number of hydrogen-bond acceptors (Lipinski definition) is 5. The van der Waals surface area contributed by atoms with Crippen molar-refractivity contribution in [2.24, 2.45) is 7.05 Å². The fourth-order valence-corrected chi connectivity index (χ4v) is 4.55. The maximum Gasteiger partial charge on any atom is 0.407 e. The van der Waals surface area contributed by atoms with Gasteiger partial charge in [0.25, 0.3) is 0 Å². The quantitative estimate of drug-likeness (QED) is 0.720. The van der Waals surface area contributed by atoms with Gasteiger partial charge in [-0.1, -0.05) is 6.07 Å². The summed E-state index contributed by atoms with van der Waals surface area (Å²) in [6.45, 7) is 1.33. The van der Waals surface area contributed by atoms with Crippen molar-refractivity contribution in [3.8, 4) is 0 Å². The predicted octanol–water partition coefficient (Wildman–Crippen LogP) is 0.896. The van der Waals surface area contributed by atoms with E-state index in [2.05, 4.69) is 10.2 Å². The van der Waals surface area contributed by atoms with Crippen LogP contribution in [0.4, 0.5) is 10.5 Å². The summed E-state index contributed by atoms with van der Waals surface area (Å²) in [5.41, 5.74) is 1.97. The summed E-state index contributed by atoms with van der Waals surface area (Å²) in [5, 5.41) is 11.5. The van der Waals surface area contributed by atoms with Gasteiger partial charge in [0.05, 0.1) is 16.7 Å². The topological polar surface area (TPSA) is 117 Å². The lowest BCUT2D eigenvalue weighted by Gasteiger charge is -2.37. The van der Waals surface area contributed by atoms with E-state index in [4.69, 9.17) is 0 Å². The summed E-state index contributed by atoms with van der Waals surface area (Å²) in [5.74, 6) is -0.775. The molecule has 160 valence electrons. The molecule has 30 heavy (non-hydrogen) atoms. The molecule has 3 amide bonds. The number of rotatable bonds is 3. The number of imidazole rings is 1. The first-order chi connectivity index (χ1) is 14.3. The van der Waals surface area contributed by atoms with Crippen molar-refractivity contribution in [1.82, 2.24) is 19.4 Å². The Balaban J connectivity index is 1.69. The molecule has 1 unspecified atom stereocenters. The second-order valence-corrected chi connectivity index (χ2v) is 7.94. The molecule has 1 aromatic carbocycles. The number of piperidine rings is 2. The van der Waals surface area contributed by atoms with Gasteiger partial charge in [-0.05, 0) is 31.4 Å². The smallest absolute Gasteiger partial charge is 0.407 e. The van der Waals surface area contributed by atoms with E-state index in [1.165, 1.54) is 9.47 Å². The van der Waals surface area contributed by atoms with Crippen LogP contribution < -0.4 is 15.9 Å². The van der Waals surface area contributed by atoms with Crippen molar-refractivity contribution in [3.05, 3.63) is 28.7 Å². The first-order valence-electron chi connectivity index (χ1n) is 10.0. The molecule has 0 saturated carbocycles. The monoisotopic (exact) mass is 415 g/mol. The van der Waals surface area contributed by atoms with E-state index in [0.29, 0.717) is 37.9 Å². The van der Waals surface area contributed by atoms with Gasteiger partial charge in [0.1, 0.15) is 6.04 Å². The Kier molecular flexibility index (Phi) is 5.00. The standard InChI is InChI=1S/C20H25N5O5/c1-22(20(29)30)12-8-10-24(11-9-12)13-4-3-5-14-17(13)23(2)19(28)25(14)15-6-7-16(26)21-18(15)27/h3-5,12,15H,6-11H2,1-2H3,(H,29,30)(H,21,26,27). The Morgan fingerprint density at radius 2 is 1.87 bits per heavy atom. The summed E-state index contributed by atoms with van der Waals surface area (Å²) in [4.78, 5) is 51.7. The van der Waals surface area contributed by atoms with Crippen molar-refractivity contribution in [2.75, 3.05) is 25.0 Å². The minimum atomic E-state index is -0.931. The van der Waals surface area contributed by atoms with Crippen molar-refractivity contribution in [2.45, 2.75) is 37.8 Å². The summed E-state index contributed by atoms with van der Waals surface area (Å²) in [7, 11) is 3.27. The Morgan fingerprint density at radius 3 is 2.50 bits per heavy atom. The number of carbonyl (C=O) groups is 3. The number of nitrogens with zero attached hydrogens (tertiary/aromatic N) is 4. The first-order valence-corrected chi connectivity index (χ1v) is 10.0. The molecule has 3 heterocycles. The molecular formula is C20H25N5O5. The highest BCUT2D eigenvalue weighted by Gasteiger charge is 2.32. The molecule has 2 aliphatic heterocycles. The van der Waals surface area contributed by atoms with Gasteiger partial charge >= 0.3 is 11.8 Å². The number of aryl methyl sites for hydroxylation is 1. The van der Waals surface area contributed by atoms with Crippen molar-refractivity contribution < 1.29 is 19.5 Å². The number of anilines is 1. The number of fused-ring (bicyclic) bond motifs is 1.